The molecule has 0 aliphatic carbocycles. The van der Waals surface area contributed by atoms with E-state index in [0.717, 1.165) is 0 Å². The van der Waals surface area contributed by atoms with Gasteiger partial charge in [0, 0.05) is 7.62 Å². The van der Waals surface area contributed by atoms with Crippen LogP contribution in [0.1, 0.15) is 36.5 Å². The molecule has 2 fully saturated rings. The van der Waals surface area contributed by atoms with E-state index in [1.165, 1.54) is 17.1 Å². The zero-order valence-corrected chi connectivity index (χ0v) is 17.6. The topological polar surface area (TPSA) is 142 Å². The van der Waals surface area contributed by atoms with E-state index in [4.69, 9.17) is 24.7 Å². The van der Waals surface area contributed by atoms with Crippen LogP contribution in [-0.4, -0.2) is 61.5 Å². The smallest absolute Gasteiger partial charge is 0.306 e. The molecule has 0 amide bonds. The number of nitro groups is 1. The highest BCUT2D eigenvalue weighted by molar-refractivity contribution is 5.30. The quantitative estimate of drug-likeness (QED) is 0.545. The van der Waals surface area contributed by atoms with Crippen molar-refractivity contribution in [2.24, 2.45) is 0 Å². The Labute approximate surface area is 182 Å². The number of nitrogen functional groups attached to an aromatic ring is 1. The Balaban J connectivity index is 0.000000303. The summed E-state index contributed by atoms with van der Waals surface area (Å²) in [6, 6.07) is 0. The molecule has 31 heavy (non-hydrogen) atoms. The molecule has 12 nitrogen and oxygen atoms in total. The van der Waals surface area contributed by atoms with Gasteiger partial charge in [-0.1, -0.05) is 7.43 Å². The molecule has 2 aromatic rings. The van der Waals surface area contributed by atoms with Gasteiger partial charge in [0.1, 0.15) is 24.6 Å². The molecule has 0 saturated carbocycles. The van der Waals surface area contributed by atoms with Gasteiger partial charge < -0.3 is 24.7 Å². The molecule has 2 aliphatic rings. The first-order chi connectivity index (χ1) is 14.0. The second-order valence-corrected chi connectivity index (χ2v) is 8.07. The van der Waals surface area contributed by atoms with E-state index in [9.17, 15) is 10.1 Å². The Morgan fingerprint density at radius 2 is 1.55 bits per heavy atom. The lowest BCUT2D eigenvalue weighted by Crippen LogP contribution is -2.24. The van der Waals surface area contributed by atoms with Gasteiger partial charge in [-0.2, -0.15) is 10.2 Å². The number of anilines is 1. The molecule has 0 aromatic carbocycles. The van der Waals surface area contributed by atoms with Crippen LogP contribution < -0.4 is 5.73 Å². The van der Waals surface area contributed by atoms with E-state index in [2.05, 4.69) is 10.2 Å². The van der Waals surface area contributed by atoms with Gasteiger partial charge in [0.15, 0.2) is 11.6 Å². The Hall–Kier alpha value is -2.54. The largest absolute Gasteiger partial charge is 0.396 e. The molecule has 176 valence electrons. The minimum Gasteiger partial charge on any atom is -0.396 e. The summed E-state index contributed by atoms with van der Waals surface area (Å²) in [5.41, 5.74) is 6.20. The van der Waals surface area contributed by atoms with Gasteiger partial charge in [-0.15, -0.1) is 0 Å². The average molecular weight is 443 g/mol. The second-order valence-electron chi connectivity index (χ2n) is 8.07. The summed E-state index contributed by atoms with van der Waals surface area (Å²) in [5, 5.41) is 18.4. The van der Waals surface area contributed by atoms with Crippen LogP contribution in [0.5, 0.6) is 0 Å². The van der Waals surface area contributed by atoms with Crippen molar-refractivity contribution in [1.82, 2.24) is 19.6 Å². The van der Waals surface area contributed by atoms with Crippen molar-refractivity contribution < 1.29 is 25.3 Å². The van der Waals surface area contributed by atoms with Crippen LogP contribution in [-0.2, 0) is 32.0 Å². The Kier molecular flexibility index (Phi) is 7.76. The fraction of sp³-hybridized carbons (Fsp3) is 0.684. The molecule has 4 rings (SSSR count). The number of ether oxygens (including phenoxy) is 4. The summed E-state index contributed by atoms with van der Waals surface area (Å²) in [5.74, 6) is -1.05. The SMILES string of the molecule is C.CC1(C)OCC(Cn2cc(N)cn2)O1.CC1(C)OCC(Cn2cc([N+](=O)[O-])cn2)O1.[HH]. The number of nitrogens with zero attached hydrogens (tertiary/aromatic N) is 5. The average Bonchev–Trinajstić information content (AvgIpc) is 3.39. The highest BCUT2D eigenvalue weighted by atomic mass is 16.7. The Bertz CT molecular complexity index is 870. The maximum Gasteiger partial charge on any atom is 0.306 e. The summed E-state index contributed by atoms with van der Waals surface area (Å²) >= 11 is 0. The predicted octanol–water partition coefficient (Wildman–Crippen LogP) is 2.44. The van der Waals surface area contributed by atoms with E-state index in [-0.39, 0.29) is 26.7 Å². The predicted molar refractivity (Wildman–Crippen MR) is 114 cm³/mol. The summed E-state index contributed by atoms with van der Waals surface area (Å²) in [6.07, 6.45) is 5.96. The summed E-state index contributed by atoms with van der Waals surface area (Å²) in [7, 11) is 0. The van der Waals surface area contributed by atoms with E-state index >= 15 is 0 Å². The lowest BCUT2D eigenvalue weighted by atomic mass is 10.4. The first-order valence-electron chi connectivity index (χ1n) is 9.60. The van der Waals surface area contributed by atoms with Gasteiger partial charge in [0.25, 0.3) is 0 Å². The molecule has 12 heteroatoms. The normalized spacial score (nSPS) is 23.6. The molecule has 2 atom stereocenters. The fourth-order valence-electron chi connectivity index (χ4n) is 3.15. The number of nitrogens with two attached hydrogens (primary N) is 1. The number of hydrogen-bond acceptors (Lipinski definition) is 9. The van der Waals surface area contributed by atoms with Crippen LogP contribution in [0.15, 0.2) is 24.8 Å². The highest BCUT2D eigenvalue weighted by Crippen LogP contribution is 2.24. The lowest BCUT2D eigenvalue weighted by Gasteiger charge is -2.16. The van der Waals surface area contributed by atoms with Gasteiger partial charge in [0.2, 0.25) is 0 Å². The van der Waals surface area contributed by atoms with Crippen LogP contribution >= 0.6 is 0 Å². The maximum absolute atomic E-state index is 10.5. The second kappa shape index (κ2) is 9.73. The van der Waals surface area contributed by atoms with Gasteiger partial charge in [0.05, 0.1) is 43.1 Å². The van der Waals surface area contributed by atoms with Crippen molar-refractivity contribution in [3.8, 4) is 0 Å². The number of rotatable bonds is 5. The van der Waals surface area contributed by atoms with Gasteiger partial charge in [-0.05, 0) is 27.7 Å². The number of hydrogen-bond donors (Lipinski definition) is 1. The summed E-state index contributed by atoms with van der Waals surface area (Å²) in [4.78, 5) is 9.98. The first-order valence-corrected chi connectivity index (χ1v) is 9.60. The molecule has 4 heterocycles. The van der Waals surface area contributed by atoms with Crippen molar-refractivity contribution in [2.45, 2.75) is 72.0 Å². The minimum atomic E-state index is -0.580. The van der Waals surface area contributed by atoms with Crippen LogP contribution in [0.4, 0.5) is 11.4 Å². The fourth-order valence-corrected chi connectivity index (χ4v) is 3.15. The third-order valence-corrected chi connectivity index (χ3v) is 4.40. The molecule has 2 aliphatic heterocycles. The minimum absolute atomic E-state index is 0. The van der Waals surface area contributed by atoms with E-state index < -0.39 is 16.5 Å². The van der Waals surface area contributed by atoms with Crippen molar-refractivity contribution in [3.05, 3.63) is 34.9 Å². The van der Waals surface area contributed by atoms with Gasteiger partial charge in [-0.25, -0.2) is 0 Å². The summed E-state index contributed by atoms with van der Waals surface area (Å²) in [6.45, 7) is 9.69. The van der Waals surface area contributed by atoms with Gasteiger partial charge in [-0.3, -0.25) is 19.5 Å². The van der Waals surface area contributed by atoms with Crippen molar-refractivity contribution >= 4 is 11.4 Å². The van der Waals surface area contributed by atoms with Crippen molar-refractivity contribution in [2.75, 3.05) is 18.9 Å². The van der Waals surface area contributed by atoms with E-state index in [1.54, 1.807) is 17.1 Å². The molecule has 2 N–H and O–H groups in total. The molecular formula is C19H34N6O6. The molecule has 2 saturated heterocycles. The highest BCUT2D eigenvalue weighted by Gasteiger charge is 2.33. The molecule has 0 bridgehead atoms. The van der Waals surface area contributed by atoms with Crippen LogP contribution in [0.3, 0.4) is 0 Å². The zero-order chi connectivity index (χ0) is 21.9. The van der Waals surface area contributed by atoms with E-state index in [1.807, 2.05) is 27.7 Å². The van der Waals surface area contributed by atoms with Gasteiger partial charge >= 0.3 is 5.69 Å². The molecule has 0 spiro atoms. The third-order valence-electron chi connectivity index (χ3n) is 4.40. The Morgan fingerprint density at radius 1 is 1.06 bits per heavy atom. The zero-order valence-electron chi connectivity index (χ0n) is 17.6. The molecule has 2 unspecified atom stereocenters. The maximum atomic E-state index is 10.5. The molecular weight excluding hydrogens is 408 g/mol. The van der Waals surface area contributed by atoms with Crippen molar-refractivity contribution in [1.29, 1.82) is 0 Å². The Morgan fingerprint density at radius 3 is 1.90 bits per heavy atom. The van der Waals surface area contributed by atoms with Crippen LogP contribution in [0, 0.1) is 10.1 Å². The molecule has 0 radical (unpaired) electrons. The lowest BCUT2D eigenvalue weighted by molar-refractivity contribution is -0.385. The number of aromatic nitrogens is 4. The standard InChI is InChI=1S/C9H13N3O4.C9H15N3O2.CH4.H2/c1-9(2)15-6-8(16-9)5-11-4-7(3-10-11)12(13)14;1-9(2)13-6-8(14-9)5-12-4-7(10)3-11-12;;/h3-4,8H,5-6H2,1-2H3;3-4,8H,5-6,10H2,1-2H3;1H4;1H. The van der Waals surface area contributed by atoms with E-state index in [0.29, 0.717) is 32.0 Å². The monoisotopic (exact) mass is 442 g/mol. The third kappa shape index (κ3) is 7.28. The summed E-state index contributed by atoms with van der Waals surface area (Å²) < 4.78 is 25.3. The first kappa shape index (κ1) is 24.7. The van der Waals surface area contributed by atoms with Crippen molar-refractivity contribution in [3.63, 3.8) is 0 Å². The van der Waals surface area contributed by atoms with Crippen LogP contribution in [0.2, 0.25) is 0 Å². The van der Waals surface area contributed by atoms with Crippen LogP contribution in [0.25, 0.3) is 0 Å². The molecule has 2 aromatic heterocycles.